The second kappa shape index (κ2) is 6.08. The zero-order chi connectivity index (χ0) is 14.8. The third-order valence-corrected chi connectivity index (χ3v) is 4.21. The summed E-state index contributed by atoms with van der Waals surface area (Å²) in [5.41, 5.74) is 1.17. The van der Waals surface area contributed by atoms with Crippen LogP contribution in [0.25, 0.3) is 0 Å². The molecule has 0 aromatic carbocycles. The van der Waals surface area contributed by atoms with E-state index in [1.54, 1.807) is 6.33 Å². The lowest BCUT2D eigenvalue weighted by Crippen LogP contribution is -2.36. The average molecular weight is 276 g/mol. The molecule has 0 bridgehead atoms. The van der Waals surface area contributed by atoms with E-state index in [1.165, 1.54) is 25.7 Å². The number of nitrogens with zero attached hydrogens (tertiary/aromatic N) is 3. The molecule has 0 unspecified atom stereocenters. The van der Waals surface area contributed by atoms with Gasteiger partial charge in [0.2, 0.25) is 0 Å². The monoisotopic (exact) mass is 276 g/mol. The van der Waals surface area contributed by atoms with E-state index in [-0.39, 0.29) is 5.41 Å². The molecule has 1 fully saturated rings. The molecule has 0 aliphatic heterocycles. The lowest BCUT2D eigenvalue weighted by Gasteiger charge is -2.33. The Morgan fingerprint density at radius 3 is 2.30 bits per heavy atom. The Bertz CT molecular complexity index is 428. The van der Waals surface area contributed by atoms with Crippen LogP contribution in [0.15, 0.2) is 12.4 Å². The van der Waals surface area contributed by atoms with Crippen molar-refractivity contribution in [3.05, 3.63) is 18.1 Å². The van der Waals surface area contributed by atoms with Crippen LogP contribution in [0.1, 0.15) is 52.1 Å². The molecule has 4 nitrogen and oxygen atoms in total. The van der Waals surface area contributed by atoms with E-state index in [1.807, 2.05) is 0 Å². The maximum absolute atomic E-state index is 4.38. The van der Waals surface area contributed by atoms with Gasteiger partial charge in [-0.2, -0.15) is 0 Å². The molecule has 112 valence electrons. The summed E-state index contributed by atoms with van der Waals surface area (Å²) in [5.74, 6) is 0.971. The smallest absolute Gasteiger partial charge is 0.129 e. The molecule has 1 N–H and O–H groups in total. The highest BCUT2D eigenvalue weighted by Gasteiger charge is 2.23. The molecule has 1 aromatic rings. The fourth-order valence-electron chi connectivity index (χ4n) is 2.79. The summed E-state index contributed by atoms with van der Waals surface area (Å²) >= 11 is 0. The van der Waals surface area contributed by atoms with Crippen LogP contribution in [-0.2, 0) is 5.41 Å². The predicted octanol–water partition coefficient (Wildman–Crippen LogP) is 3.06. The normalized spacial score (nSPS) is 23.9. The molecule has 1 aromatic heterocycles. The topological polar surface area (TPSA) is 41.0 Å². The first kappa shape index (κ1) is 15.2. The molecule has 0 spiro atoms. The lowest BCUT2D eigenvalue weighted by molar-refractivity contribution is 0.221. The first-order chi connectivity index (χ1) is 9.36. The molecule has 0 amide bonds. The van der Waals surface area contributed by atoms with E-state index in [9.17, 15) is 0 Å². The van der Waals surface area contributed by atoms with Crippen molar-refractivity contribution in [2.75, 3.05) is 19.4 Å². The molecular formula is C16H28N4. The molecule has 2 rings (SSSR count). The summed E-state index contributed by atoms with van der Waals surface area (Å²) < 4.78 is 0. The number of hydrogen-bond donors (Lipinski definition) is 1. The Morgan fingerprint density at radius 2 is 1.75 bits per heavy atom. The number of anilines is 1. The van der Waals surface area contributed by atoms with Gasteiger partial charge < -0.3 is 10.2 Å². The first-order valence-corrected chi connectivity index (χ1v) is 7.62. The Morgan fingerprint density at radius 1 is 1.10 bits per heavy atom. The largest absolute Gasteiger partial charge is 0.367 e. The standard InChI is InChI=1S/C16H28N4/c1-16(2,3)14-10-15(18-11-17-14)19-12-6-8-13(9-7-12)20(4)5/h10-13H,6-9H2,1-5H3,(H,17,18,19). The molecule has 0 saturated heterocycles. The van der Waals surface area contributed by atoms with Crippen molar-refractivity contribution in [1.29, 1.82) is 0 Å². The second-order valence-electron chi connectivity index (χ2n) is 7.15. The van der Waals surface area contributed by atoms with Crippen LogP contribution in [0.4, 0.5) is 5.82 Å². The van der Waals surface area contributed by atoms with Gasteiger partial charge in [0.25, 0.3) is 0 Å². The van der Waals surface area contributed by atoms with E-state index in [0.29, 0.717) is 6.04 Å². The minimum absolute atomic E-state index is 0.0714. The maximum atomic E-state index is 4.38. The van der Waals surface area contributed by atoms with Gasteiger partial charge in [-0.3, -0.25) is 0 Å². The van der Waals surface area contributed by atoms with Gasteiger partial charge in [-0.05, 0) is 39.8 Å². The summed E-state index contributed by atoms with van der Waals surface area (Å²) in [5, 5.41) is 3.58. The van der Waals surface area contributed by atoms with Crippen molar-refractivity contribution in [2.45, 2.75) is 64.0 Å². The fourth-order valence-corrected chi connectivity index (χ4v) is 2.79. The van der Waals surface area contributed by atoms with E-state index < -0.39 is 0 Å². The summed E-state index contributed by atoms with van der Waals surface area (Å²) in [7, 11) is 4.36. The highest BCUT2D eigenvalue weighted by atomic mass is 15.1. The summed E-state index contributed by atoms with van der Waals surface area (Å²) in [6, 6.07) is 3.38. The lowest BCUT2D eigenvalue weighted by atomic mass is 9.90. The van der Waals surface area contributed by atoms with Crippen LogP contribution in [-0.4, -0.2) is 41.0 Å². The Kier molecular flexibility index (Phi) is 4.63. The molecule has 0 radical (unpaired) electrons. The van der Waals surface area contributed by atoms with Gasteiger partial charge in [0.15, 0.2) is 0 Å². The Hall–Kier alpha value is -1.16. The van der Waals surface area contributed by atoms with Crippen molar-refractivity contribution < 1.29 is 0 Å². The van der Waals surface area contributed by atoms with Crippen LogP contribution in [0.5, 0.6) is 0 Å². The second-order valence-corrected chi connectivity index (χ2v) is 7.15. The van der Waals surface area contributed by atoms with Crippen LogP contribution in [0.3, 0.4) is 0 Å². The van der Waals surface area contributed by atoms with Gasteiger partial charge in [0.1, 0.15) is 12.1 Å². The maximum Gasteiger partial charge on any atom is 0.129 e. The van der Waals surface area contributed by atoms with Crippen molar-refractivity contribution in [2.24, 2.45) is 0 Å². The third-order valence-electron chi connectivity index (χ3n) is 4.21. The molecule has 1 saturated carbocycles. The molecule has 20 heavy (non-hydrogen) atoms. The zero-order valence-corrected chi connectivity index (χ0v) is 13.5. The molecular weight excluding hydrogens is 248 g/mol. The highest BCUT2D eigenvalue weighted by molar-refractivity contribution is 5.37. The summed E-state index contributed by atoms with van der Waals surface area (Å²) in [6.07, 6.45) is 6.65. The molecule has 1 aliphatic carbocycles. The summed E-state index contributed by atoms with van der Waals surface area (Å²) in [4.78, 5) is 11.1. The minimum Gasteiger partial charge on any atom is -0.367 e. The van der Waals surface area contributed by atoms with Crippen molar-refractivity contribution in [3.63, 3.8) is 0 Å². The van der Waals surface area contributed by atoms with Gasteiger partial charge in [-0.25, -0.2) is 9.97 Å². The first-order valence-electron chi connectivity index (χ1n) is 7.62. The van der Waals surface area contributed by atoms with E-state index in [0.717, 1.165) is 17.6 Å². The number of hydrogen-bond acceptors (Lipinski definition) is 4. The van der Waals surface area contributed by atoms with E-state index in [2.05, 4.69) is 61.1 Å². The third kappa shape index (κ3) is 3.92. The molecule has 4 heteroatoms. The zero-order valence-electron chi connectivity index (χ0n) is 13.5. The van der Waals surface area contributed by atoms with Crippen molar-refractivity contribution >= 4 is 5.82 Å². The minimum atomic E-state index is 0.0714. The van der Waals surface area contributed by atoms with Crippen LogP contribution in [0, 0.1) is 0 Å². The van der Waals surface area contributed by atoms with Crippen LogP contribution in [0.2, 0.25) is 0 Å². The Balaban J connectivity index is 1.95. The van der Waals surface area contributed by atoms with Gasteiger partial charge in [0.05, 0.1) is 5.69 Å². The molecule has 1 heterocycles. The van der Waals surface area contributed by atoms with Gasteiger partial charge >= 0.3 is 0 Å². The van der Waals surface area contributed by atoms with Gasteiger partial charge in [-0.1, -0.05) is 20.8 Å². The fraction of sp³-hybridized carbons (Fsp3) is 0.750. The number of rotatable bonds is 3. The predicted molar refractivity (Wildman–Crippen MR) is 84.1 cm³/mol. The Labute approximate surface area is 123 Å². The highest BCUT2D eigenvalue weighted by Crippen LogP contribution is 2.25. The van der Waals surface area contributed by atoms with Crippen molar-refractivity contribution in [1.82, 2.24) is 14.9 Å². The quantitative estimate of drug-likeness (QED) is 0.921. The summed E-state index contributed by atoms with van der Waals surface area (Å²) in [6.45, 7) is 6.55. The molecule has 1 aliphatic rings. The SMILES string of the molecule is CN(C)C1CCC(Nc2cc(C(C)(C)C)ncn2)CC1. The number of nitrogens with one attached hydrogen (secondary N) is 1. The van der Waals surface area contributed by atoms with Crippen molar-refractivity contribution in [3.8, 4) is 0 Å². The van der Waals surface area contributed by atoms with Gasteiger partial charge in [-0.15, -0.1) is 0 Å². The average Bonchev–Trinajstić information content (AvgIpc) is 2.38. The van der Waals surface area contributed by atoms with Crippen LogP contribution < -0.4 is 5.32 Å². The van der Waals surface area contributed by atoms with Gasteiger partial charge in [0, 0.05) is 23.6 Å². The van der Waals surface area contributed by atoms with E-state index >= 15 is 0 Å². The van der Waals surface area contributed by atoms with E-state index in [4.69, 9.17) is 0 Å². The number of aromatic nitrogens is 2. The van der Waals surface area contributed by atoms with Crippen LogP contribution >= 0.6 is 0 Å². The molecule has 0 atom stereocenters.